The molecule has 0 aliphatic heterocycles. The third-order valence-electron chi connectivity index (χ3n) is 3.89. The molecule has 1 saturated carbocycles. The van der Waals surface area contributed by atoms with Gasteiger partial charge in [-0.15, -0.1) is 0 Å². The van der Waals surface area contributed by atoms with Crippen LogP contribution >= 0.6 is 11.3 Å². The van der Waals surface area contributed by atoms with Crippen LogP contribution in [0.25, 0.3) is 11.4 Å². The predicted molar refractivity (Wildman–Crippen MR) is 77.3 cm³/mol. The summed E-state index contributed by atoms with van der Waals surface area (Å²) in [5, 5.41) is 18.1. The van der Waals surface area contributed by atoms with Crippen LogP contribution in [-0.2, 0) is 6.54 Å². The van der Waals surface area contributed by atoms with Gasteiger partial charge in [-0.3, -0.25) is 4.90 Å². The SMILES string of the molecule is CN(Cc1nc(-c2ccsc2)no1)C1CCCCC1O. The number of likely N-dealkylation sites (N-methyl/N-ethyl adjacent to an activating group) is 1. The fraction of sp³-hybridized carbons (Fsp3) is 0.571. The molecule has 1 N–H and O–H groups in total. The van der Waals surface area contributed by atoms with Crippen LogP contribution in [0.5, 0.6) is 0 Å². The van der Waals surface area contributed by atoms with E-state index in [9.17, 15) is 5.11 Å². The molecular weight excluding hydrogens is 274 g/mol. The zero-order chi connectivity index (χ0) is 13.9. The van der Waals surface area contributed by atoms with Gasteiger partial charge in [0, 0.05) is 17.0 Å². The average molecular weight is 293 g/mol. The highest BCUT2D eigenvalue weighted by Gasteiger charge is 2.27. The summed E-state index contributed by atoms with van der Waals surface area (Å²) in [6, 6.07) is 2.17. The minimum Gasteiger partial charge on any atom is -0.391 e. The Morgan fingerprint density at radius 2 is 2.30 bits per heavy atom. The summed E-state index contributed by atoms with van der Waals surface area (Å²) in [4.78, 5) is 6.54. The lowest BCUT2D eigenvalue weighted by molar-refractivity contribution is 0.0248. The van der Waals surface area contributed by atoms with Gasteiger partial charge in [-0.1, -0.05) is 18.0 Å². The van der Waals surface area contributed by atoms with Crippen LogP contribution in [0.4, 0.5) is 0 Å². The second kappa shape index (κ2) is 6.03. The Morgan fingerprint density at radius 1 is 1.45 bits per heavy atom. The van der Waals surface area contributed by atoms with Crippen LogP contribution in [0.1, 0.15) is 31.6 Å². The van der Waals surface area contributed by atoms with Gasteiger partial charge in [-0.05, 0) is 31.3 Å². The lowest BCUT2D eigenvalue weighted by Gasteiger charge is -2.34. The number of aliphatic hydroxyl groups excluding tert-OH is 1. The summed E-state index contributed by atoms with van der Waals surface area (Å²) in [6.07, 6.45) is 3.97. The fourth-order valence-corrected chi connectivity index (χ4v) is 3.40. The largest absolute Gasteiger partial charge is 0.391 e. The smallest absolute Gasteiger partial charge is 0.241 e. The second-order valence-electron chi connectivity index (χ2n) is 5.36. The molecule has 0 aromatic carbocycles. The molecule has 1 aliphatic carbocycles. The topological polar surface area (TPSA) is 62.4 Å². The number of hydrogen-bond acceptors (Lipinski definition) is 6. The third kappa shape index (κ3) is 2.92. The lowest BCUT2D eigenvalue weighted by atomic mass is 9.91. The molecule has 1 fully saturated rings. The molecule has 1 aliphatic rings. The Bertz CT molecular complexity index is 540. The van der Waals surface area contributed by atoms with E-state index < -0.39 is 0 Å². The molecule has 20 heavy (non-hydrogen) atoms. The Hall–Kier alpha value is -1.24. The Labute approximate surface area is 122 Å². The first-order chi connectivity index (χ1) is 9.74. The van der Waals surface area contributed by atoms with Crippen LogP contribution in [0.3, 0.4) is 0 Å². The molecule has 3 rings (SSSR count). The van der Waals surface area contributed by atoms with Gasteiger partial charge in [-0.2, -0.15) is 16.3 Å². The van der Waals surface area contributed by atoms with Crippen LogP contribution < -0.4 is 0 Å². The quantitative estimate of drug-likeness (QED) is 0.938. The number of thiophene rings is 1. The monoisotopic (exact) mass is 293 g/mol. The van der Waals surface area contributed by atoms with E-state index in [2.05, 4.69) is 15.0 Å². The van der Waals surface area contributed by atoms with Gasteiger partial charge < -0.3 is 9.63 Å². The molecule has 2 aromatic heterocycles. The van der Waals surface area contributed by atoms with Crippen molar-refractivity contribution >= 4 is 11.3 Å². The Balaban J connectivity index is 1.65. The summed E-state index contributed by atoms with van der Waals surface area (Å²) in [7, 11) is 2.01. The van der Waals surface area contributed by atoms with Crippen LogP contribution in [0.2, 0.25) is 0 Å². The highest BCUT2D eigenvalue weighted by molar-refractivity contribution is 7.08. The molecule has 2 unspecified atom stereocenters. The maximum atomic E-state index is 10.1. The van der Waals surface area contributed by atoms with Gasteiger partial charge in [-0.25, -0.2) is 0 Å². The zero-order valence-electron chi connectivity index (χ0n) is 11.5. The van der Waals surface area contributed by atoms with Crippen molar-refractivity contribution in [2.45, 2.75) is 44.4 Å². The van der Waals surface area contributed by atoms with E-state index in [-0.39, 0.29) is 12.1 Å². The normalized spacial score (nSPS) is 23.4. The Kier molecular flexibility index (Phi) is 4.14. The molecular formula is C14H19N3O2S. The molecule has 2 aromatic rings. The van der Waals surface area contributed by atoms with Crippen LogP contribution in [0, 0.1) is 0 Å². The third-order valence-corrected chi connectivity index (χ3v) is 4.58. The first-order valence-electron chi connectivity index (χ1n) is 6.97. The maximum Gasteiger partial charge on any atom is 0.241 e. The lowest BCUT2D eigenvalue weighted by Crippen LogP contribution is -2.42. The van der Waals surface area contributed by atoms with Crippen molar-refractivity contribution in [1.29, 1.82) is 0 Å². The molecule has 0 saturated heterocycles. The van der Waals surface area contributed by atoms with E-state index in [4.69, 9.17) is 4.52 Å². The summed E-state index contributed by atoms with van der Waals surface area (Å²) < 4.78 is 5.31. The number of aliphatic hydroxyl groups is 1. The number of aromatic nitrogens is 2. The summed E-state index contributed by atoms with van der Waals surface area (Å²) in [5.74, 6) is 1.24. The number of hydrogen-bond donors (Lipinski definition) is 1. The molecule has 6 heteroatoms. The van der Waals surface area contributed by atoms with Crippen molar-refractivity contribution in [3.63, 3.8) is 0 Å². The van der Waals surface area contributed by atoms with Crippen LogP contribution in [0.15, 0.2) is 21.3 Å². The standard InChI is InChI=1S/C14H19N3O2S/c1-17(11-4-2-3-5-12(11)18)8-13-15-14(16-19-13)10-6-7-20-9-10/h6-7,9,11-12,18H,2-5,8H2,1H3. The Morgan fingerprint density at radius 3 is 3.05 bits per heavy atom. The van der Waals surface area contributed by atoms with Crippen molar-refractivity contribution in [2.24, 2.45) is 0 Å². The molecule has 5 nitrogen and oxygen atoms in total. The summed E-state index contributed by atoms with van der Waals surface area (Å²) >= 11 is 1.62. The first kappa shape index (κ1) is 13.7. The molecule has 0 spiro atoms. The van der Waals surface area contributed by atoms with Crippen molar-refractivity contribution < 1.29 is 9.63 Å². The summed E-state index contributed by atoms with van der Waals surface area (Å²) in [5.41, 5.74) is 0.991. The van der Waals surface area contributed by atoms with Crippen molar-refractivity contribution in [2.75, 3.05) is 7.05 Å². The molecule has 0 bridgehead atoms. The second-order valence-corrected chi connectivity index (χ2v) is 6.14. The van der Waals surface area contributed by atoms with E-state index in [0.717, 1.165) is 24.8 Å². The summed E-state index contributed by atoms with van der Waals surface area (Å²) in [6.45, 7) is 0.582. The maximum absolute atomic E-state index is 10.1. The number of rotatable bonds is 4. The number of nitrogens with zero attached hydrogens (tertiary/aromatic N) is 3. The minimum atomic E-state index is -0.243. The van der Waals surface area contributed by atoms with E-state index in [1.807, 2.05) is 23.9 Å². The predicted octanol–water partition coefficient (Wildman–Crippen LogP) is 2.53. The highest BCUT2D eigenvalue weighted by atomic mass is 32.1. The molecule has 0 radical (unpaired) electrons. The van der Waals surface area contributed by atoms with Crippen molar-refractivity contribution in [3.05, 3.63) is 22.7 Å². The highest BCUT2D eigenvalue weighted by Crippen LogP contribution is 2.24. The first-order valence-corrected chi connectivity index (χ1v) is 7.92. The minimum absolute atomic E-state index is 0.195. The van der Waals surface area contributed by atoms with Gasteiger partial charge in [0.15, 0.2) is 0 Å². The van der Waals surface area contributed by atoms with E-state index in [1.165, 1.54) is 6.42 Å². The average Bonchev–Trinajstić information content (AvgIpc) is 3.09. The van der Waals surface area contributed by atoms with Crippen LogP contribution in [-0.4, -0.2) is 39.3 Å². The van der Waals surface area contributed by atoms with E-state index >= 15 is 0 Å². The van der Waals surface area contributed by atoms with E-state index in [1.54, 1.807) is 11.3 Å². The van der Waals surface area contributed by atoms with Gasteiger partial charge >= 0.3 is 0 Å². The van der Waals surface area contributed by atoms with Gasteiger partial charge in [0.2, 0.25) is 11.7 Å². The van der Waals surface area contributed by atoms with Crippen molar-refractivity contribution in [3.8, 4) is 11.4 Å². The van der Waals surface area contributed by atoms with Gasteiger partial charge in [0.25, 0.3) is 0 Å². The molecule has 0 amide bonds. The van der Waals surface area contributed by atoms with Gasteiger partial charge in [0.05, 0.1) is 12.6 Å². The van der Waals surface area contributed by atoms with Gasteiger partial charge in [0.1, 0.15) is 0 Å². The zero-order valence-corrected chi connectivity index (χ0v) is 12.3. The molecule has 108 valence electrons. The molecule has 2 atom stereocenters. The van der Waals surface area contributed by atoms with Crippen molar-refractivity contribution in [1.82, 2.24) is 15.0 Å². The fourth-order valence-electron chi connectivity index (χ4n) is 2.76. The molecule has 2 heterocycles. The van der Waals surface area contributed by atoms with E-state index in [0.29, 0.717) is 18.3 Å².